The maximum Gasteiger partial charge on any atom is 0.243 e. The first-order chi connectivity index (χ1) is 13.8. The molecule has 2 fully saturated rings. The summed E-state index contributed by atoms with van der Waals surface area (Å²) in [6, 6.07) is 5.88. The molecule has 0 aliphatic carbocycles. The molecule has 3 heterocycles. The highest BCUT2D eigenvalue weighted by molar-refractivity contribution is 7.89. The SMILES string of the molecule is Cc1nc(N2CCCC2)cc(N2CCN(S(=O)(=O)c3cc(F)ccc3C)CC2)n1. The lowest BCUT2D eigenvalue weighted by atomic mass is 10.2. The molecular formula is C20H26FN5O2S. The number of aromatic nitrogens is 2. The highest BCUT2D eigenvalue weighted by atomic mass is 32.2. The van der Waals surface area contributed by atoms with Crippen LogP contribution in [0.5, 0.6) is 0 Å². The first-order valence-electron chi connectivity index (χ1n) is 9.96. The summed E-state index contributed by atoms with van der Waals surface area (Å²) < 4.78 is 41.0. The van der Waals surface area contributed by atoms with E-state index in [1.54, 1.807) is 6.92 Å². The molecule has 7 nitrogen and oxygen atoms in total. The zero-order valence-electron chi connectivity index (χ0n) is 16.8. The van der Waals surface area contributed by atoms with Gasteiger partial charge in [-0.25, -0.2) is 22.8 Å². The average molecular weight is 420 g/mol. The smallest absolute Gasteiger partial charge is 0.243 e. The second kappa shape index (κ2) is 7.87. The standard InChI is InChI=1S/C20H26FN5O2S/c1-15-5-6-17(21)13-18(15)29(27,28)26-11-9-25(10-12-26)20-14-19(22-16(2)23-20)24-7-3-4-8-24/h5-6,13-14H,3-4,7-12H2,1-2H3. The van der Waals surface area contributed by atoms with Gasteiger partial charge in [-0.2, -0.15) is 4.31 Å². The van der Waals surface area contributed by atoms with E-state index in [9.17, 15) is 12.8 Å². The van der Waals surface area contributed by atoms with Crippen LogP contribution in [0.15, 0.2) is 29.2 Å². The van der Waals surface area contributed by atoms with Gasteiger partial charge in [-0.15, -0.1) is 0 Å². The second-order valence-electron chi connectivity index (χ2n) is 7.63. The van der Waals surface area contributed by atoms with Crippen LogP contribution in [0.4, 0.5) is 16.0 Å². The van der Waals surface area contributed by atoms with Gasteiger partial charge >= 0.3 is 0 Å². The molecule has 29 heavy (non-hydrogen) atoms. The zero-order valence-corrected chi connectivity index (χ0v) is 17.6. The maximum atomic E-state index is 13.6. The van der Waals surface area contributed by atoms with Gasteiger partial charge in [0.05, 0.1) is 4.90 Å². The molecule has 0 unspecified atom stereocenters. The van der Waals surface area contributed by atoms with Crippen molar-refractivity contribution in [2.45, 2.75) is 31.6 Å². The summed E-state index contributed by atoms with van der Waals surface area (Å²) in [7, 11) is -3.72. The Morgan fingerprint density at radius 2 is 1.45 bits per heavy atom. The van der Waals surface area contributed by atoms with Gasteiger partial charge in [0.1, 0.15) is 23.3 Å². The van der Waals surface area contributed by atoms with E-state index in [1.807, 2.05) is 13.0 Å². The molecule has 9 heteroatoms. The number of anilines is 2. The Morgan fingerprint density at radius 1 is 0.862 bits per heavy atom. The van der Waals surface area contributed by atoms with E-state index < -0.39 is 15.8 Å². The van der Waals surface area contributed by atoms with E-state index in [0.717, 1.165) is 36.6 Å². The van der Waals surface area contributed by atoms with Crippen molar-refractivity contribution in [1.29, 1.82) is 0 Å². The minimum atomic E-state index is -3.72. The zero-order chi connectivity index (χ0) is 20.6. The number of aryl methyl sites for hydroxylation is 2. The molecule has 0 atom stereocenters. The van der Waals surface area contributed by atoms with Crippen LogP contribution < -0.4 is 9.80 Å². The minimum absolute atomic E-state index is 0.0418. The Hall–Kier alpha value is -2.26. The van der Waals surface area contributed by atoms with Crippen LogP contribution in [-0.2, 0) is 10.0 Å². The molecule has 4 rings (SSSR count). The Morgan fingerprint density at radius 3 is 2.07 bits per heavy atom. The molecule has 2 aliphatic rings. The Kier molecular flexibility index (Phi) is 5.44. The number of benzene rings is 1. The van der Waals surface area contributed by atoms with Crippen LogP contribution in [0.1, 0.15) is 24.2 Å². The van der Waals surface area contributed by atoms with Crippen molar-refractivity contribution in [3.8, 4) is 0 Å². The third-order valence-electron chi connectivity index (χ3n) is 5.57. The maximum absolute atomic E-state index is 13.6. The Bertz CT molecular complexity index is 1000. The first kappa shape index (κ1) is 20.0. The predicted molar refractivity (Wildman–Crippen MR) is 110 cm³/mol. The topological polar surface area (TPSA) is 69.6 Å². The van der Waals surface area contributed by atoms with Gasteiger partial charge in [-0.05, 0) is 44.4 Å². The third kappa shape index (κ3) is 4.06. The van der Waals surface area contributed by atoms with Crippen LogP contribution in [0.25, 0.3) is 0 Å². The molecular weight excluding hydrogens is 393 g/mol. The molecule has 2 aromatic rings. The van der Waals surface area contributed by atoms with Crippen LogP contribution in [-0.4, -0.2) is 62.0 Å². The van der Waals surface area contributed by atoms with Gasteiger partial charge in [-0.1, -0.05) is 6.07 Å². The number of rotatable bonds is 4. The molecule has 0 spiro atoms. The molecule has 0 radical (unpaired) electrons. The monoisotopic (exact) mass is 419 g/mol. The third-order valence-corrected chi connectivity index (χ3v) is 7.61. The normalized spacial score (nSPS) is 18.4. The first-order valence-corrected chi connectivity index (χ1v) is 11.4. The van der Waals surface area contributed by atoms with Crippen molar-refractivity contribution in [3.05, 3.63) is 41.5 Å². The van der Waals surface area contributed by atoms with Crippen LogP contribution in [0.3, 0.4) is 0 Å². The fraction of sp³-hybridized carbons (Fsp3) is 0.500. The summed E-state index contributed by atoms with van der Waals surface area (Å²) in [6.45, 7) is 7.32. The van der Waals surface area contributed by atoms with Crippen LogP contribution >= 0.6 is 0 Å². The van der Waals surface area contributed by atoms with E-state index >= 15 is 0 Å². The molecule has 2 aliphatic heterocycles. The molecule has 0 N–H and O–H groups in total. The minimum Gasteiger partial charge on any atom is -0.356 e. The van der Waals surface area contributed by atoms with E-state index in [4.69, 9.17) is 0 Å². The quantitative estimate of drug-likeness (QED) is 0.758. The summed E-state index contributed by atoms with van der Waals surface area (Å²) in [5.74, 6) is 1.95. The Labute approximate surface area is 171 Å². The fourth-order valence-electron chi connectivity index (χ4n) is 3.96. The van der Waals surface area contributed by atoms with Crippen LogP contribution in [0, 0.1) is 19.7 Å². The van der Waals surface area contributed by atoms with Crippen molar-refractivity contribution in [2.75, 3.05) is 49.1 Å². The molecule has 0 bridgehead atoms. The van der Waals surface area contributed by atoms with E-state index in [-0.39, 0.29) is 4.90 Å². The number of piperazine rings is 1. The predicted octanol–water partition coefficient (Wildman–Crippen LogP) is 2.34. The van der Waals surface area contributed by atoms with Gasteiger partial charge in [0, 0.05) is 45.3 Å². The highest BCUT2D eigenvalue weighted by Crippen LogP contribution is 2.26. The lowest BCUT2D eigenvalue weighted by molar-refractivity contribution is 0.383. The number of nitrogens with zero attached hydrogens (tertiary/aromatic N) is 5. The van der Waals surface area contributed by atoms with E-state index in [1.165, 1.54) is 29.3 Å². The molecule has 1 aromatic carbocycles. The van der Waals surface area contributed by atoms with Crippen molar-refractivity contribution < 1.29 is 12.8 Å². The fourth-order valence-corrected chi connectivity index (χ4v) is 5.61. The molecule has 1 aromatic heterocycles. The molecule has 0 amide bonds. The van der Waals surface area contributed by atoms with Gasteiger partial charge in [0.15, 0.2) is 0 Å². The van der Waals surface area contributed by atoms with Gasteiger partial charge < -0.3 is 9.80 Å². The molecule has 0 saturated carbocycles. The number of hydrogen-bond donors (Lipinski definition) is 0. The van der Waals surface area contributed by atoms with Gasteiger partial charge in [0.2, 0.25) is 10.0 Å². The van der Waals surface area contributed by atoms with Crippen LogP contribution in [0.2, 0.25) is 0 Å². The van der Waals surface area contributed by atoms with Crippen molar-refractivity contribution in [2.24, 2.45) is 0 Å². The number of hydrogen-bond acceptors (Lipinski definition) is 6. The second-order valence-corrected chi connectivity index (χ2v) is 9.53. The summed E-state index contributed by atoms with van der Waals surface area (Å²) in [6.07, 6.45) is 2.35. The van der Waals surface area contributed by atoms with Gasteiger partial charge in [0.25, 0.3) is 0 Å². The average Bonchev–Trinajstić information content (AvgIpc) is 3.24. The van der Waals surface area contributed by atoms with Gasteiger partial charge in [-0.3, -0.25) is 0 Å². The Balaban J connectivity index is 1.50. The van der Waals surface area contributed by atoms with Crippen molar-refractivity contribution >= 4 is 21.7 Å². The largest absolute Gasteiger partial charge is 0.356 e. The number of halogens is 1. The van der Waals surface area contributed by atoms with Crippen molar-refractivity contribution in [1.82, 2.24) is 14.3 Å². The number of sulfonamides is 1. The summed E-state index contributed by atoms with van der Waals surface area (Å²) >= 11 is 0. The van der Waals surface area contributed by atoms with Crippen molar-refractivity contribution in [3.63, 3.8) is 0 Å². The summed E-state index contributed by atoms with van der Waals surface area (Å²) in [4.78, 5) is 13.5. The highest BCUT2D eigenvalue weighted by Gasteiger charge is 2.30. The summed E-state index contributed by atoms with van der Waals surface area (Å²) in [5, 5.41) is 0. The lowest BCUT2D eigenvalue weighted by Gasteiger charge is -2.35. The van der Waals surface area contributed by atoms with E-state index in [2.05, 4.69) is 19.8 Å². The lowest BCUT2D eigenvalue weighted by Crippen LogP contribution is -2.49. The molecule has 156 valence electrons. The molecule has 2 saturated heterocycles. The summed E-state index contributed by atoms with van der Waals surface area (Å²) in [5.41, 5.74) is 0.551. The van der Waals surface area contributed by atoms with E-state index in [0.29, 0.717) is 31.7 Å².